The summed E-state index contributed by atoms with van der Waals surface area (Å²) in [6.07, 6.45) is 3.87. The van der Waals surface area contributed by atoms with Gasteiger partial charge in [0.2, 0.25) is 10.0 Å². The van der Waals surface area contributed by atoms with E-state index in [-0.39, 0.29) is 5.91 Å². The summed E-state index contributed by atoms with van der Waals surface area (Å²) in [7, 11) is -1.23. The third-order valence-corrected chi connectivity index (χ3v) is 5.59. The van der Waals surface area contributed by atoms with Crippen LogP contribution in [0.4, 0.5) is 0 Å². The lowest BCUT2D eigenvalue weighted by atomic mass is 10.1. The number of sulfonamides is 1. The molecule has 22 heavy (non-hydrogen) atoms. The number of rotatable bonds is 6. The van der Waals surface area contributed by atoms with Crippen LogP contribution in [0.15, 0.2) is 12.1 Å². The number of hydrogen-bond acceptors (Lipinski definition) is 5. The molecule has 1 amide bonds. The molecule has 2 rings (SSSR count). The van der Waals surface area contributed by atoms with Gasteiger partial charge in [-0.05, 0) is 38.4 Å². The molecule has 1 aliphatic rings. The van der Waals surface area contributed by atoms with Crippen LogP contribution in [0.2, 0.25) is 0 Å². The van der Waals surface area contributed by atoms with E-state index in [1.165, 1.54) is 11.3 Å². The molecule has 6 nitrogen and oxygen atoms in total. The molecule has 1 aromatic rings. The molecule has 0 saturated carbocycles. The van der Waals surface area contributed by atoms with E-state index < -0.39 is 10.0 Å². The lowest BCUT2D eigenvalue weighted by molar-refractivity contribution is 0.0703. The largest absolute Gasteiger partial charge is 0.336 e. The highest BCUT2D eigenvalue weighted by atomic mass is 32.2. The van der Waals surface area contributed by atoms with Crippen LogP contribution in [0.1, 0.15) is 27.4 Å². The molecule has 0 spiro atoms. The van der Waals surface area contributed by atoms with E-state index in [1.807, 2.05) is 24.1 Å². The molecule has 1 atom stereocenters. The van der Waals surface area contributed by atoms with Crippen LogP contribution in [-0.2, 0) is 16.4 Å². The van der Waals surface area contributed by atoms with Crippen LogP contribution in [-0.4, -0.2) is 58.2 Å². The Balaban J connectivity index is 1.91. The smallest absolute Gasteiger partial charge is 0.263 e. The Morgan fingerprint density at radius 3 is 2.91 bits per heavy atom. The Bertz CT molecular complexity index is 613. The standard InChI is InChI=1S/C14H23N3O3S2/c1-15-11-4-3-9-17(10-11)14(18)13-6-5-12(21-13)7-8-16-22(2,19)20/h5-6,11,15-16H,3-4,7-10H2,1-2H3. The van der Waals surface area contributed by atoms with Gasteiger partial charge in [-0.2, -0.15) is 0 Å². The van der Waals surface area contributed by atoms with Gasteiger partial charge in [-0.15, -0.1) is 11.3 Å². The highest BCUT2D eigenvalue weighted by Gasteiger charge is 2.24. The zero-order chi connectivity index (χ0) is 16.2. The van der Waals surface area contributed by atoms with Crippen LogP contribution >= 0.6 is 11.3 Å². The molecule has 124 valence electrons. The van der Waals surface area contributed by atoms with Crippen LogP contribution < -0.4 is 10.0 Å². The van der Waals surface area contributed by atoms with Crippen molar-refractivity contribution in [2.75, 3.05) is 32.9 Å². The Kier molecular flexibility index (Phi) is 5.96. The van der Waals surface area contributed by atoms with Crippen molar-refractivity contribution < 1.29 is 13.2 Å². The summed E-state index contributed by atoms with van der Waals surface area (Å²) in [5, 5.41) is 3.23. The van der Waals surface area contributed by atoms with Crippen molar-refractivity contribution in [3.63, 3.8) is 0 Å². The normalized spacial score (nSPS) is 19.4. The number of likely N-dealkylation sites (tertiary alicyclic amines) is 1. The fraction of sp³-hybridized carbons (Fsp3) is 0.643. The molecule has 1 fully saturated rings. The molecule has 0 aliphatic carbocycles. The maximum Gasteiger partial charge on any atom is 0.263 e. The first-order valence-electron chi connectivity index (χ1n) is 7.39. The average molecular weight is 345 g/mol. The number of likely N-dealkylation sites (N-methyl/N-ethyl adjacent to an activating group) is 1. The number of nitrogens with zero attached hydrogens (tertiary/aromatic N) is 1. The maximum atomic E-state index is 12.5. The summed E-state index contributed by atoms with van der Waals surface area (Å²) in [6.45, 7) is 1.91. The zero-order valence-electron chi connectivity index (χ0n) is 13.0. The van der Waals surface area contributed by atoms with Crippen LogP contribution in [0.3, 0.4) is 0 Å². The van der Waals surface area contributed by atoms with Crippen LogP contribution in [0.5, 0.6) is 0 Å². The van der Waals surface area contributed by atoms with Gasteiger partial charge in [0.25, 0.3) is 5.91 Å². The second-order valence-corrected chi connectivity index (χ2v) is 8.56. The van der Waals surface area contributed by atoms with Crippen molar-refractivity contribution in [2.45, 2.75) is 25.3 Å². The number of amides is 1. The third-order valence-electron chi connectivity index (χ3n) is 3.72. The molecule has 8 heteroatoms. The fourth-order valence-corrected chi connectivity index (χ4v) is 3.99. The van der Waals surface area contributed by atoms with Crippen molar-refractivity contribution in [3.05, 3.63) is 21.9 Å². The molecule has 2 heterocycles. The van der Waals surface area contributed by atoms with Gasteiger partial charge in [-0.3, -0.25) is 4.79 Å². The molecular weight excluding hydrogens is 322 g/mol. The number of carbonyl (C=O) groups excluding carboxylic acids is 1. The van der Waals surface area contributed by atoms with E-state index in [2.05, 4.69) is 10.0 Å². The molecule has 2 N–H and O–H groups in total. The average Bonchev–Trinajstić information content (AvgIpc) is 2.94. The summed E-state index contributed by atoms with van der Waals surface area (Å²) in [5.41, 5.74) is 0. The molecule has 1 saturated heterocycles. The monoisotopic (exact) mass is 345 g/mol. The predicted octanol–water partition coefficient (Wildman–Crippen LogP) is 0.664. The topological polar surface area (TPSA) is 78.5 Å². The highest BCUT2D eigenvalue weighted by molar-refractivity contribution is 7.88. The molecule has 0 bridgehead atoms. The van der Waals surface area contributed by atoms with Gasteiger partial charge in [0.1, 0.15) is 0 Å². The molecule has 1 unspecified atom stereocenters. The Morgan fingerprint density at radius 2 is 2.23 bits per heavy atom. The van der Waals surface area contributed by atoms with Gasteiger partial charge in [0, 0.05) is 30.6 Å². The first kappa shape index (κ1) is 17.4. The minimum atomic E-state index is -3.16. The lowest BCUT2D eigenvalue weighted by Crippen LogP contribution is -2.46. The van der Waals surface area contributed by atoms with Crippen molar-refractivity contribution in [3.8, 4) is 0 Å². The second kappa shape index (κ2) is 7.54. The molecule has 1 aliphatic heterocycles. The van der Waals surface area contributed by atoms with Gasteiger partial charge in [-0.1, -0.05) is 0 Å². The Hall–Kier alpha value is -0.960. The van der Waals surface area contributed by atoms with Crippen LogP contribution in [0.25, 0.3) is 0 Å². The third kappa shape index (κ3) is 5.05. The van der Waals surface area contributed by atoms with Gasteiger partial charge in [0.05, 0.1) is 11.1 Å². The maximum absolute atomic E-state index is 12.5. The Labute approximate surface area is 135 Å². The molecule has 1 aromatic heterocycles. The molecule has 0 radical (unpaired) electrons. The van der Waals surface area contributed by atoms with E-state index in [4.69, 9.17) is 0 Å². The van der Waals surface area contributed by atoms with Crippen molar-refractivity contribution in [1.82, 2.24) is 14.9 Å². The number of piperidine rings is 1. The summed E-state index contributed by atoms with van der Waals surface area (Å²) in [4.78, 5) is 16.1. The SMILES string of the molecule is CNC1CCCN(C(=O)c2ccc(CCNS(C)(=O)=O)s2)C1. The number of hydrogen-bond donors (Lipinski definition) is 2. The minimum Gasteiger partial charge on any atom is -0.336 e. The summed E-state index contributed by atoms with van der Waals surface area (Å²) >= 11 is 1.45. The molecular formula is C14H23N3O3S2. The van der Waals surface area contributed by atoms with E-state index in [1.54, 1.807) is 0 Å². The lowest BCUT2D eigenvalue weighted by Gasteiger charge is -2.32. The number of thiophene rings is 1. The van der Waals surface area contributed by atoms with Crippen molar-refractivity contribution in [1.29, 1.82) is 0 Å². The van der Waals surface area contributed by atoms with Gasteiger partial charge >= 0.3 is 0 Å². The number of nitrogens with one attached hydrogen (secondary N) is 2. The van der Waals surface area contributed by atoms with E-state index in [0.717, 1.165) is 41.9 Å². The summed E-state index contributed by atoms with van der Waals surface area (Å²) in [6, 6.07) is 4.11. The van der Waals surface area contributed by atoms with E-state index in [0.29, 0.717) is 19.0 Å². The molecule has 0 aromatic carbocycles. The minimum absolute atomic E-state index is 0.0762. The Morgan fingerprint density at radius 1 is 1.45 bits per heavy atom. The summed E-state index contributed by atoms with van der Waals surface area (Å²) < 4.78 is 24.5. The first-order chi connectivity index (χ1) is 10.4. The van der Waals surface area contributed by atoms with Gasteiger partial charge < -0.3 is 10.2 Å². The highest BCUT2D eigenvalue weighted by Crippen LogP contribution is 2.21. The zero-order valence-corrected chi connectivity index (χ0v) is 14.6. The second-order valence-electron chi connectivity index (χ2n) is 5.56. The van der Waals surface area contributed by atoms with Crippen LogP contribution in [0, 0.1) is 0 Å². The van der Waals surface area contributed by atoms with E-state index >= 15 is 0 Å². The quantitative estimate of drug-likeness (QED) is 0.794. The van der Waals surface area contributed by atoms with Gasteiger partial charge in [-0.25, -0.2) is 13.1 Å². The fourth-order valence-electron chi connectivity index (χ4n) is 2.54. The number of carbonyl (C=O) groups is 1. The summed E-state index contributed by atoms with van der Waals surface area (Å²) in [5.74, 6) is 0.0762. The predicted molar refractivity (Wildman–Crippen MR) is 88.9 cm³/mol. The van der Waals surface area contributed by atoms with Crippen molar-refractivity contribution >= 4 is 27.3 Å². The van der Waals surface area contributed by atoms with Gasteiger partial charge in [0.15, 0.2) is 0 Å². The van der Waals surface area contributed by atoms with E-state index in [9.17, 15) is 13.2 Å². The first-order valence-corrected chi connectivity index (χ1v) is 10.1. The van der Waals surface area contributed by atoms with Crippen molar-refractivity contribution in [2.24, 2.45) is 0 Å².